The van der Waals surface area contributed by atoms with Crippen LogP contribution in [0.2, 0.25) is 0 Å². The van der Waals surface area contributed by atoms with Gasteiger partial charge in [-0.1, -0.05) is 58.4 Å². The maximum atomic E-state index is 14.5. The van der Waals surface area contributed by atoms with Crippen LogP contribution in [-0.4, -0.2) is 30.5 Å². The molecule has 7 heteroatoms. The molecule has 2 N–H and O–H groups in total. The predicted molar refractivity (Wildman–Crippen MR) is 156 cm³/mol. The van der Waals surface area contributed by atoms with Gasteiger partial charge in [-0.2, -0.15) is 12.6 Å². The summed E-state index contributed by atoms with van der Waals surface area (Å²) < 4.78 is 42.8. The number of nitrogens with one attached hydrogen (secondary N) is 2. The summed E-state index contributed by atoms with van der Waals surface area (Å²) in [7, 11) is 0. The fraction of sp³-hybridized carbons (Fsp3) is 0.483. The first kappa shape index (κ1) is 35.9. The van der Waals surface area contributed by atoms with Crippen molar-refractivity contribution in [1.29, 1.82) is 5.41 Å². The number of benzene rings is 2. The standard InChI is InChI=1S/C24H31F3N2.C2H5N.C2H6.CH4S/c1-4-7-13-29(12-6-3)17-18-10-8-11-22(25)21(18)16-28-19-14-23(26)20(9-5-2)24(27)15-19;1-2-3;2*1-2/h5,8-11,14-15,28H,4,6-7,12-13,16-17H2,1-3H3;2-3H,1H3;1-2H3;2H,1H3/b9-5+;;;. The van der Waals surface area contributed by atoms with Gasteiger partial charge in [-0.15, -0.1) is 0 Å². The SMILES string of the molecule is C/C=C/c1c(F)cc(NCc2c(F)cccc2CN(CCC)CCCC)cc1F.CC.CC=N.CS. The molecule has 2 aromatic rings. The average Bonchev–Trinajstić information content (AvgIpc) is 2.87. The van der Waals surface area contributed by atoms with Crippen molar-refractivity contribution >= 4 is 30.6 Å². The molecule has 0 amide bonds. The highest BCUT2D eigenvalue weighted by Gasteiger charge is 2.14. The molecule has 0 fully saturated rings. The smallest absolute Gasteiger partial charge is 0.135 e. The number of hydrogen-bond acceptors (Lipinski definition) is 4. The zero-order valence-electron chi connectivity index (χ0n) is 23.1. The Hall–Kier alpha value is -2.25. The van der Waals surface area contributed by atoms with Crippen LogP contribution in [0.15, 0.2) is 36.4 Å². The van der Waals surface area contributed by atoms with Crippen molar-refractivity contribution < 1.29 is 13.2 Å². The van der Waals surface area contributed by atoms with E-state index in [0.29, 0.717) is 17.8 Å². The normalized spacial score (nSPS) is 10.0. The maximum Gasteiger partial charge on any atom is 0.135 e. The minimum atomic E-state index is -0.645. The lowest BCUT2D eigenvalue weighted by Crippen LogP contribution is -2.26. The van der Waals surface area contributed by atoms with Crippen LogP contribution in [0.25, 0.3) is 6.08 Å². The predicted octanol–water partition coefficient (Wildman–Crippen LogP) is 8.99. The molecule has 0 bridgehead atoms. The van der Waals surface area contributed by atoms with E-state index in [1.807, 2.05) is 19.9 Å². The molecule has 0 aliphatic heterocycles. The monoisotopic (exact) mass is 525 g/mol. The fourth-order valence-electron chi connectivity index (χ4n) is 3.36. The van der Waals surface area contributed by atoms with Gasteiger partial charge in [0.2, 0.25) is 0 Å². The van der Waals surface area contributed by atoms with Crippen molar-refractivity contribution in [2.75, 3.05) is 24.7 Å². The molecule has 0 atom stereocenters. The van der Waals surface area contributed by atoms with E-state index in [1.54, 1.807) is 32.2 Å². The first-order chi connectivity index (χ1) is 17.4. The number of nitrogens with zero attached hydrogens (tertiary/aromatic N) is 1. The third-order valence-corrected chi connectivity index (χ3v) is 4.86. The summed E-state index contributed by atoms with van der Waals surface area (Å²) in [4.78, 5) is 2.33. The second kappa shape index (κ2) is 23.2. The van der Waals surface area contributed by atoms with E-state index in [4.69, 9.17) is 5.41 Å². The summed E-state index contributed by atoms with van der Waals surface area (Å²) in [5.41, 5.74) is 1.64. The Morgan fingerprint density at radius 1 is 0.944 bits per heavy atom. The van der Waals surface area contributed by atoms with Crippen LogP contribution in [0.1, 0.15) is 77.5 Å². The Balaban J connectivity index is 0. The van der Waals surface area contributed by atoms with Gasteiger partial charge < -0.3 is 10.7 Å². The Morgan fingerprint density at radius 3 is 2.03 bits per heavy atom. The van der Waals surface area contributed by atoms with E-state index in [9.17, 15) is 13.2 Å². The number of hydrogen-bond donors (Lipinski definition) is 3. The van der Waals surface area contributed by atoms with Crippen LogP contribution < -0.4 is 5.32 Å². The van der Waals surface area contributed by atoms with Crippen molar-refractivity contribution in [3.8, 4) is 0 Å². The minimum absolute atomic E-state index is 0.0734. The fourth-order valence-corrected chi connectivity index (χ4v) is 3.36. The van der Waals surface area contributed by atoms with Gasteiger partial charge in [0.1, 0.15) is 17.5 Å². The summed E-state index contributed by atoms with van der Waals surface area (Å²) in [6.45, 7) is 14.4. The van der Waals surface area contributed by atoms with Gasteiger partial charge in [-0.25, -0.2) is 13.2 Å². The highest BCUT2D eigenvalue weighted by Crippen LogP contribution is 2.23. The van der Waals surface area contributed by atoms with Crippen LogP contribution in [0, 0.1) is 22.9 Å². The Labute approximate surface area is 223 Å². The lowest BCUT2D eigenvalue weighted by Gasteiger charge is -2.23. The van der Waals surface area contributed by atoms with Gasteiger partial charge in [-0.3, -0.25) is 4.90 Å². The molecule has 0 aliphatic carbocycles. The van der Waals surface area contributed by atoms with E-state index in [0.717, 1.165) is 37.9 Å². The van der Waals surface area contributed by atoms with Crippen LogP contribution >= 0.6 is 12.6 Å². The molecular weight excluding hydrogens is 479 g/mol. The quantitative estimate of drug-likeness (QED) is 0.202. The maximum absolute atomic E-state index is 14.5. The number of halogens is 3. The highest BCUT2D eigenvalue weighted by atomic mass is 32.1. The molecule has 0 saturated heterocycles. The molecular formula is C29H46F3N3S. The number of thiol groups is 1. The van der Waals surface area contributed by atoms with E-state index in [2.05, 4.69) is 36.7 Å². The van der Waals surface area contributed by atoms with Crippen LogP contribution in [0.3, 0.4) is 0 Å². The Bertz CT molecular complexity index is 850. The largest absolute Gasteiger partial charge is 0.381 e. The van der Waals surface area contributed by atoms with Crippen molar-refractivity contribution in [2.45, 2.75) is 73.9 Å². The van der Waals surface area contributed by atoms with Crippen LogP contribution in [-0.2, 0) is 13.1 Å². The molecule has 36 heavy (non-hydrogen) atoms. The number of rotatable bonds is 11. The molecule has 204 valence electrons. The molecule has 3 nitrogen and oxygen atoms in total. The van der Waals surface area contributed by atoms with Gasteiger partial charge in [0.25, 0.3) is 0 Å². The molecule has 0 saturated carbocycles. The lowest BCUT2D eigenvalue weighted by molar-refractivity contribution is 0.260. The molecule has 0 spiro atoms. The summed E-state index contributed by atoms with van der Waals surface area (Å²) >= 11 is 3.53. The lowest BCUT2D eigenvalue weighted by atomic mass is 10.1. The summed E-state index contributed by atoms with van der Waals surface area (Å²) in [6.07, 6.45) is 9.16. The van der Waals surface area contributed by atoms with Gasteiger partial charge in [0, 0.05) is 29.9 Å². The Morgan fingerprint density at radius 2 is 1.53 bits per heavy atom. The molecule has 2 aromatic carbocycles. The first-order valence-electron chi connectivity index (χ1n) is 12.7. The first-order valence-corrected chi connectivity index (χ1v) is 13.5. The molecule has 0 heterocycles. The van der Waals surface area contributed by atoms with Crippen LogP contribution in [0.5, 0.6) is 0 Å². The molecule has 2 rings (SSSR count). The molecule has 0 aromatic heterocycles. The van der Waals surface area contributed by atoms with Crippen molar-refractivity contribution in [3.63, 3.8) is 0 Å². The number of anilines is 1. The average molecular weight is 526 g/mol. The third-order valence-electron chi connectivity index (χ3n) is 4.86. The summed E-state index contributed by atoms with van der Waals surface area (Å²) in [6, 6.07) is 7.54. The van der Waals surface area contributed by atoms with Crippen molar-refractivity contribution in [2.24, 2.45) is 0 Å². The Kier molecular flexibility index (Phi) is 23.1. The van der Waals surface area contributed by atoms with E-state index >= 15 is 0 Å². The second-order valence-corrected chi connectivity index (χ2v) is 7.50. The van der Waals surface area contributed by atoms with E-state index in [1.165, 1.54) is 30.5 Å². The highest BCUT2D eigenvalue weighted by molar-refractivity contribution is 7.79. The zero-order chi connectivity index (χ0) is 27.9. The van der Waals surface area contributed by atoms with E-state index < -0.39 is 11.6 Å². The van der Waals surface area contributed by atoms with Gasteiger partial charge in [0.05, 0.1) is 0 Å². The van der Waals surface area contributed by atoms with Gasteiger partial charge in [0.15, 0.2) is 0 Å². The van der Waals surface area contributed by atoms with Crippen molar-refractivity contribution in [1.82, 2.24) is 4.90 Å². The summed E-state index contributed by atoms with van der Waals surface area (Å²) in [5, 5.41) is 9.06. The van der Waals surface area contributed by atoms with Crippen LogP contribution in [0.4, 0.5) is 18.9 Å². The molecule has 0 radical (unpaired) electrons. The van der Waals surface area contributed by atoms with Gasteiger partial charge in [-0.05, 0) is 76.0 Å². The molecule has 0 unspecified atom stereocenters. The second-order valence-electron chi connectivity index (χ2n) is 7.50. The van der Waals surface area contributed by atoms with E-state index in [-0.39, 0.29) is 17.9 Å². The zero-order valence-corrected chi connectivity index (χ0v) is 24.0. The minimum Gasteiger partial charge on any atom is -0.381 e. The summed E-state index contributed by atoms with van der Waals surface area (Å²) in [5.74, 6) is -1.60. The molecule has 0 aliphatic rings. The van der Waals surface area contributed by atoms with Crippen molar-refractivity contribution in [3.05, 3.63) is 70.5 Å². The number of allylic oxidation sites excluding steroid dienone is 1. The number of unbranched alkanes of at least 4 members (excludes halogenated alkanes) is 1. The van der Waals surface area contributed by atoms with Gasteiger partial charge >= 0.3 is 0 Å². The topological polar surface area (TPSA) is 39.1 Å². The third kappa shape index (κ3) is 13.7.